The van der Waals surface area contributed by atoms with Gasteiger partial charge in [0.05, 0.1) is 18.1 Å². The summed E-state index contributed by atoms with van der Waals surface area (Å²) in [7, 11) is 0. The average molecular weight is 365 g/mol. The Morgan fingerprint density at radius 2 is 1.58 bits per heavy atom. The smallest absolute Gasteiger partial charge is 0.0958 e. The van der Waals surface area contributed by atoms with E-state index < -0.39 is 0 Å². The van der Waals surface area contributed by atoms with E-state index >= 15 is 0 Å². The summed E-state index contributed by atoms with van der Waals surface area (Å²) in [5.41, 5.74) is 3.92. The van der Waals surface area contributed by atoms with Crippen LogP contribution in [0.2, 0.25) is 5.02 Å². The lowest BCUT2D eigenvalue weighted by Crippen LogP contribution is -2.25. The van der Waals surface area contributed by atoms with Crippen molar-refractivity contribution in [3.05, 3.63) is 89.0 Å². The molecule has 134 valence electrons. The van der Waals surface area contributed by atoms with Crippen molar-refractivity contribution in [2.24, 2.45) is 0 Å². The van der Waals surface area contributed by atoms with Crippen LogP contribution >= 0.6 is 11.6 Å². The first-order valence-electron chi connectivity index (χ1n) is 9.50. The molecule has 0 bridgehead atoms. The lowest BCUT2D eigenvalue weighted by molar-refractivity contribution is 0.313. The fourth-order valence-electron chi connectivity index (χ4n) is 4.19. The SMILES string of the molecule is CC1(c2cn(C(c3ccccc3)c3ccc(Cl)cc3)cn2)CCCCC1. The number of aromatic nitrogens is 2. The first-order chi connectivity index (χ1) is 12.7. The number of halogens is 1. The molecule has 3 heteroatoms. The van der Waals surface area contributed by atoms with Crippen molar-refractivity contribution in [3.63, 3.8) is 0 Å². The number of imidazole rings is 1. The zero-order chi connectivity index (χ0) is 18.0. The molecule has 0 radical (unpaired) electrons. The molecule has 0 N–H and O–H groups in total. The molecular formula is C23H25ClN2. The maximum absolute atomic E-state index is 6.11. The molecule has 1 aliphatic rings. The van der Waals surface area contributed by atoms with Crippen molar-refractivity contribution in [3.8, 4) is 0 Å². The minimum absolute atomic E-state index is 0.113. The van der Waals surface area contributed by atoms with E-state index in [1.807, 2.05) is 18.5 Å². The highest BCUT2D eigenvalue weighted by Crippen LogP contribution is 2.39. The Bertz CT molecular complexity index is 845. The van der Waals surface area contributed by atoms with Crippen LogP contribution in [0, 0.1) is 0 Å². The zero-order valence-electron chi connectivity index (χ0n) is 15.2. The molecule has 1 unspecified atom stereocenters. The topological polar surface area (TPSA) is 17.8 Å². The molecule has 1 saturated carbocycles. The van der Waals surface area contributed by atoms with Gasteiger partial charge in [-0.15, -0.1) is 0 Å². The van der Waals surface area contributed by atoms with Gasteiger partial charge in [0.25, 0.3) is 0 Å². The van der Waals surface area contributed by atoms with Crippen LogP contribution in [-0.2, 0) is 5.41 Å². The van der Waals surface area contributed by atoms with Crippen LogP contribution in [0.1, 0.15) is 61.9 Å². The van der Waals surface area contributed by atoms with Crippen LogP contribution in [0.25, 0.3) is 0 Å². The highest BCUT2D eigenvalue weighted by atomic mass is 35.5. The van der Waals surface area contributed by atoms with Gasteiger partial charge in [-0.05, 0) is 36.1 Å². The van der Waals surface area contributed by atoms with E-state index in [0.717, 1.165) is 5.02 Å². The lowest BCUT2D eigenvalue weighted by Gasteiger charge is -2.32. The molecule has 1 fully saturated rings. The van der Waals surface area contributed by atoms with Gasteiger partial charge in [-0.25, -0.2) is 4.98 Å². The maximum atomic E-state index is 6.11. The van der Waals surface area contributed by atoms with E-state index in [1.165, 1.54) is 48.9 Å². The first-order valence-corrected chi connectivity index (χ1v) is 9.88. The van der Waals surface area contributed by atoms with E-state index in [-0.39, 0.29) is 11.5 Å². The van der Waals surface area contributed by atoms with E-state index in [4.69, 9.17) is 16.6 Å². The average Bonchev–Trinajstić information content (AvgIpc) is 3.16. The summed E-state index contributed by atoms with van der Waals surface area (Å²) in [6.45, 7) is 2.37. The third kappa shape index (κ3) is 3.43. The zero-order valence-corrected chi connectivity index (χ0v) is 16.0. The Balaban J connectivity index is 1.74. The van der Waals surface area contributed by atoms with Gasteiger partial charge in [0, 0.05) is 16.6 Å². The lowest BCUT2D eigenvalue weighted by atomic mass is 9.74. The number of hydrogen-bond donors (Lipinski definition) is 0. The molecule has 4 rings (SSSR count). The summed E-state index contributed by atoms with van der Waals surface area (Å²) in [5, 5.41) is 0.765. The quantitative estimate of drug-likeness (QED) is 0.524. The Labute approximate surface area is 160 Å². The number of benzene rings is 2. The second-order valence-electron chi connectivity index (χ2n) is 7.69. The fourth-order valence-corrected chi connectivity index (χ4v) is 4.32. The van der Waals surface area contributed by atoms with Crippen LogP contribution in [0.4, 0.5) is 0 Å². The molecule has 2 aromatic carbocycles. The van der Waals surface area contributed by atoms with Gasteiger partial charge < -0.3 is 4.57 Å². The predicted molar refractivity (Wildman–Crippen MR) is 108 cm³/mol. The van der Waals surface area contributed by atoms with Crippen molar-refractivity contribution in [1.29, 1.82) is 0 Å². The normalized spacial score (nSPS) is 17.8. The Kier molecular flexibility index (Phi) is 4.86. The molecule has 0 amide bonds. The van der Waals surface area contributed by atoms with Gasteiger partial charge in [-0.3, -0.25) is 0 Å². The second-order valence-corrected chi connectivity index (χ2v) is 8.13. The summed E-state index contributed by atoms with van der Waals surface area (Å²) in [6.07, 6.45) is 10.7. The maximum Gasteiger partial charge on any atom is 0.0958 e. The van der Waals surface area contributed by atoms with E-state index in [2.05, 4.69) is 60.2 Å². The molecule has 3 aromatic rings. The standard InChI is InChI=1S/C23H25ClN2/c1-23(14-6-3-7-15-23)21-16-26(17-25-21)22(18-8-4-2-5-9-18)19-10-12-20(24)13-11-19/h2,4-5,8-13,16-17,22H,3,6-7,14-15H2,1H3. The fraction of sp³-hybridized carbons (Fsp3) is 0.348. The molecule has 26 heavy (non-hydrogen) atoms. The van der Waals surface area contributed by atoms with Crippen LogP contribution in [0.5, 0.6) is 0 Å². The van der Waals surface area contributed by atoms with Gasteiger partial charge in [0.1, 0.15) is 0 Å². The Hall–Kier alpha value is -2.06. The third-order valence-electron chi connectivity index (χ3n) is 5.78. The number of hydrogen-bond acceptors (Lipinski definition) is 1. The van der Waals surface area contributed by atoms with Gasteiger partial charge in [0.2, 0.25) is 0 Å². The number of rotatable bonds is 4. The highest BCUT2D eigenvalue weighted by molar-refractivity contribution is 6.30. The molecule has 1 aliphatic carbocycles. The predicted octanol–water partition coefficient (Wildman–Crippen LogP) is 6.40. The largest absolute Gasteiger partial charge is 0.326 e. The van der Waals surface area contributed by atoms with Crippen molar-refractivity contribution >= 4 is 11.6 Å². The summed E-state index contributed by atoms with van der Waals surface area (Å²) in [4.78, 5) is 4.84. The molecule has 1 heterocycles. The summed E-state index contributed by atoms with van der Waals surface area (Å²) >= 11 is 6.11. The second kappa shape index (κ2) is 7.28. The van der Waals surface area contributed by atoms with E-state index in [9.17, 15) is 0 Å². The van der Waals surface area contributed by atoms with E-state index in [1.54, 1.807) is 0 Å². The minimum atomic E-state index is 0.113. The van der Waals surface area contributed by atoms with Crippen LogP contribution in [-0.4, -0.2) is 9.55 Å². The van der Waals surface area contributed by atoms with Crippen molar-refractivity contribution in [2.75, 3.05) is 0 Å². The van der Waals surface area contributed by atoms with Crippen LogP contribution < -0.4 is 0 Å². The summed E-state index contributed by atoms with van der Waals surface area (Å²) < 4.78 is 2.26. The monoisotopic (exact) mass is 364 g/mol. The first kappa shape index (κ1) is 17.4. The summed E-state index contributed by atoms with van der Waals surface area (Å²) in [5.74, 6) is 0. The molecule has 0 aliphatic heterocycles. The Morgan fingerprint density at radius 1 is 0.923 bits per heavy atom. The Morgan fingerprint density at radius 3 is 2.27 bits per heavy atom. The molecule has 1 aromatic heterocycles. The summed E-state index contributed by atoms with van der Waals surface area (Å²) in [6, 6.07) is 18.9. The van der Waals surface area contributed by atoms with Crippen molar-refractivity contribution in [1.82, 2.24) is 9.55 Å². The van der Waals surface area contributed by atoms with Crippen LogP contribution in [0.15, 0.2) is 67.1 Å². The van der Waals surface area contributed by atoms with Crippen molar-refractivity contribution < 1.29 is 0 Å². The molecule has 2 nitrogen and oxygen atoms in total. The van der Waals surface area contributed by atoms with Gasteiger partial charge in [-0.2, -0.15) is 0 Å². The van der Waals surface area contributed by atoms with Gasteiger partial charge in [-0.1, -0.05) is 80.3 Å². The van der Waals surface area contributed by atoms with Gasteiger partial charge >= 0.3 is 0 Å². The highest BCUT2D eigenvalue weighted by Gasteiger charge is 2.31. The van der Waals surface area contributed by atoms with E-state index in [0.29, 0.717) is 0 Å². The number of nitrogens with zero attached hydrogens (tertiary/aromatic N) is 2. The molecule has 0 saturated heterocycles. The minimum Gasteiger partial charge on any atom is -0.326 e. The van der Waals surface area contributed by atoms with Crippen molar-refractivity contribution in [2.45, 2.75) is 50.5 Å². The van der Waals surface area contributed by atoms with Gasteiger partial charge in [0.15, 0.2) is 0 Å². The third-order valence-corrected chi connectivity index (χ3v) is 6.03. The van der Waals surface area contributed by atoms with Crippen LogP contribution in [0.3, 0.4) is 0 Å². The molecule has 0 spiro atoms. The molecule has 1 atom stereocenters. The molecular weight excluding hydrogens is 340 g/mol.